The maximum atomic E-state index is 12.6. The van der Waals surface area contributed by atoms with Crippen LogP contribution >= 0.6 is 15.9 Å². The summed E-state index contributed by atoms with van der Waals surface area (Å²) < 4.78 is 29.6. The Morgan fingerprint density at radius 2 is 1.66 bits per heavy atom. The van der Waals surface area contributed by atoms with Gasteiger partial charge in [-0.15, -0.1) is 0 Å². The van der Waals surface area contributed by atoms with Gasteiger partial charge in [0.25, 0.3) is 15.9 Å². The van der Waals surface area contributed by atoms with Crippen LogP contribution in [0.2, 0.25) is 0 Å². The van der Waals surface area contributed by atoms with Crippen LogP contribution in [-0.4, -0.2) is 34.1 Å². The van der Waals surface area contributed by atoms with Gasteiger partial charge >= 0.3 is 0 Å². The molecule has 152 valence electrons. The number of hydrogen-bond donors (Lipinski definition) is 2. The molecule has 0 unspecified atom stereocenters. The number of aryl methyl sites for hydroxylation is 4. The van der Waals surface area contributed by atoms with E-state index in [1.165, 1.54) is 28.9 Å². The van der Waals surface area contributed by atoms with E-state index in [1.807, 2.05) is 0 Å². The van der Waals surface area contributed by atoms with Crippen molar-refractivity contribution in [2.24, 2.45) is 7.05 Å². The predicted molar refractivity (Wildman–Crippen MR) is 112 cm³/mol. The summed E-state index contributed by atoms with van der Waals surface area (Å²) >= 11 is 3.35. The topological polar surface area (TPSA) is 119 Å². The van der Waals surface area contributed by atoms with E-state index >= 15 is 0 Å². The number of rotatable bonds is 5. The number of halogens is 1. The van der Waals surface area contributed by atoms with Crippen molar-refractivity contribution in [2.75, 3.05) is 10.0 Å². The molecule has 0 saturated heterocycles. The van der Waals surface area contributed by atoms with Crippen LogP contribution in [0, 0.1) is 20.8 Å². The van der Waals surface area contributed by atoms with E-state index in [4.69, 9.17) is 0 Å². The third-order valence-corrected chi connectivity index (χ3v) is 6.29. The molecule has 2 aromatic heterocycles. The molecule has 3 aromatic rings. The molecule has 11 heteroatoms. The highest BCUT2D eigenvalue weighted by molar-refractivity contribution is 9.10. The van der Waals surface area contributed by atoms with Crippen LogP contribution in [0.4, 0.5) is 11.6 Å². The van der Waals surface area contributed by atoms with Crippen molar-refractivity contribution in [3.8, 4) is 0 Å². The van der Waals surface area contributed by atoms with Gasteiger partial charge in [-0.1, -0.05) is 0 Å². The molecule has 0 spiro atoms. The van der Waals surface area contributed by atoms with Crippen molar-refractivity contribution in [2.45, 2.75) is 25.7 Å². The number of sulfonamides is 1. The van der Waals surface area contributed by atoms with Gasteiger partial charge in [-0.3, -0.25) is 9.48 Å². The van der Waals surface area contributed by atoms with Crippen molar-refractivity contribution in [3.63, 3.8) is 0 Å². The molecule has 0 aliphatic rings. The van der Waals surface area contributed by atoms with Crippen LogP contribution in [0.3, 0.4) is 0 Å². The number of hydrogen-bond acceptors (Lipinski definition) is 6. The van der Waals surface area contributed by atoms with E-state index in [2.05, 4.69) is 41.0 Å². The van der Waals surface area contributed by atoms with Crippen molar-refractivity contribution < 1.29 is 13.2 Å². The summed E-state index contributed by atoms with van der Waals surface area (Å²) in [5.74, 6) is -0.353. The van der Waals surface area contributed by atoms with Gasteiger partial charge in [0.15, 0.2) is 0 Å². The Kier molecular flexibility index (Phi) is 5.71. The van der Waals surface area contributed by atoms with Gasteiger partial charge in [0, 0.05) is 24.1 Å². The Balaban J connectivity index is 1.77. The quantitative estimate of drug-likeness (QED) is 0.581. The minimum Gasteiger partial charge on any atom is -0.321 e. The van der Waals surface area contributed by atoms with Crippen LogP contribution in [0.1, 0.15) is 27.6 Å². The van der Waals surface area contributed by atoms with E-state index in [1.54, 1.807) is 33.9 Å². The molecule has 0 bridgehead atoms. The van der Waals surface area contributed by atoms with Crippen LogP contribution in [0.25, 0.3) is 0 Å². The maximum Gasteiger partial charge on any atom is 0.275 e. The first-order chi connectivity index (χ1) is 13.6. The Bertz CT molecular complexity index is 1170. The molecule has 0 aliphatic carbocycles. The van der Waals surface area contributed by atoms with Gasteiger partial charge in [-0.2, -0.15) is 5.10 Å². The van der Waals surface area contributed by atoms with Gasteiger partial charge in [0.2, 0.25) is 5.95 Å². The smallest absolute Gasteiger partial charge is 0.275 e. The molecule has 29 heavy (non-hydrogen) atoms. The molecule has 2 heterocycles. The third-order valence-electron chi connectivity index (χ3n) is 3.99. The van der Waals surface area contributed by atoms with Crippen molar-refractivity contribution >= 4 is 43.5 Å². The second-order valence-corrected chi connectivity index (χ2v) is 8.91. The SMILES string of the molecule is Cc1cc(C)nc(NS(=O)(=O)c2ccc(NC(=O)c3c(Br)c(C)nn3C)cc2)n1. The second-order valence-electron chi connectivity index (χ2n) is 6.43. The maximum absolute atomic E-state index is 12.6. The lowest BCUT2D eigenvalue weighted by molar-refractivity contribution is 0.101. The number of nitrogens with zero attached hydrogens (tertiary/aromatic N) is 4. The number of nitrogens with one attached hydrogen (secondary N) is 2. The largest absolute Gasteiger partial charge is 0.321 e. The molecule has 0 atom stereocenters. The number of aromatic nitrogens is 4. The van der Waals surface area contributed by atoms with Crippen LogP contribution in [0.15, 0.2) is 39.7 Å². The molecule has 1 amide bonds. The predicted octanol–water partition coefficient (Wildman–Crippen LogP) is 2.95. The first-order valence-corrected chi connectivity index (χ1v) is 10.8. The lowest BCUT2D eigenvalue weighted by Crippen LogP contribution is -2.17. The monoisotopic (exact) mass is 478 g/mol. The molecule has 0 radical (unpaired) electrons. The number of benzene rings is 1. The fourth-order valence-electron chi connectivity index (χ4n) is 2.74. The molecular formula is C18H19BrN6O3S. The summed E-state index contributed by atoms with van der Waals surface area (Å²) in [5.41, 5.74) is 2.82. The molecule has 3 rings (SSSR count). The van der Waals surface area contributed by atoms with Gasteiger partial charge in [0.05, 0.1) is 15.1 Å². The van der Waals surface area contributed by atoms with E-state index < -0.39 is 10.0 Å². The van der Waals surface area contributed by atoms with Gasteiger partial charge in [-0.25, -0.2) is 23.1 Å². The van der Waals surface area contributed by atoms with Crippen molar-refractivity contribution in [1.82, 2.24) is 19.7 Å². The number of carbonyl (C=O) groups is 1. The Morgan fingerprint density at radius 3 is 2.17 bits per heavy atom. The van der Waals surface area contributed by atoms with Crippen LogP contribution in [-0.2, 0) is 17.1 Å². The summed E-state index contributed by atoms with van der Waals surface area (Å²) in [6.45, 7) is 5.30. The summed E-state index contributed by atoms with van der Waals surface area (Å²) in [6, 6.07) is 7.55. The average Bonchev–Trinajstić information content (AvgIpc) is 2.86. The van der Waals surface area contributed by atoms with E-state index in [0.29, 0.717) is 32.9 Å². The minimum absolute atomic E-state index is 0.0105. The van der Waals surface area contributed by atoms with Gasteiger partial charge in [0.1, 0.15) is 5.69 Å². The molecule has 0 saturated carbocycles. The molecule has 1 aromatic carbocycles. The van der Waals surface area contributed by atoms with Crippen LogP contribution < -0.4 is 10.0 Å². The van der Waals surface area contributed by atoms with Crippen LogP contribution in [0.5, 0.6) is 0 Å². The fraction of sp³-hybridized carbons (Fsp3) is 0.222. The van der Waals surface area contributed by atoms with Gasteiger partial charge < -0.3 is 5.32 Å². The number of amides is 1. The number of anilines is 2. The summed E-state index contributed by atoms with van der Waals surface area (Å²) in [5, 5.41) is 6.91. The summed E-state index contributed by atoms with van der Waals surface area (Å²) in [6.07, 6.45) is 0. The highest BCUT2D eigenvalue weighted by Crippen LogP contribution is 2.22. The van der Waals surface area contributed by atoms with E-state index in [9.17, 15) is 13.2 Å². The van der Waals surface area contributed by atoms with E-state index in [0.717, 1.165) is 0 Å². The normalized spacial score (nSPS) is 11.3. The zero-order chi connectivity index (χ0) is 21.3. The standard InChI is InChI=1S/C18H19BrN6O3S/c1-10-9-11(2)21-18(20-10)24-29(27,28)14-7-5-13(6-8-14)22-17(26)16-15(19)12(3)23-25(16)4/h5-9H,1-4H3,(H,22,26)(H,20,21,24). The zero-order valence-electron chi connectivity index (χ0n) is 16.2. The highest BCUT2D eigenvalue weighted by atomic mass is 79.9. The lowest BCUT2D eigenvalue weighted by Gasteiger charge is -2.10. The Labute approximate surface area is 176 Å². The average molecular weight is 479 g/mol. The fourth-order valence-corrected chi connectivity index (χ4v) is 4.20. The Hall–Kier alpha value is -2.79. The summed E-state index contributed by atoms with van der Waals surface area (Å²) in [4.78, 5) is 20.7. The molecular weight excluding hydrogens is 460 g/mol. The van der Waals surface area contributed by atoms with Crippen molar-refractivity contribution in [3.05, 3.63) is 57.6 Å². The lowest BCUT2D eigenvalue weighted by atomic mass is 10.3. The molecule has 9 nitrogen and oxygen atoms in total. The van der Waals surface area contributed by atoms with E-state index in [-0.39, 0.29) is 16.8 Å². The molecule has 2 N–H and O–H groups in total. The van der Waals surface area contributed by atoms with Crippen molar-refractivity contribution in [1.29, 1.82) is 0 Å². The molecule has 0 fully saturated rings. The zero-order valence-corrected chi connectivity index (χ0v) is 18.6. The minimum atomic E-state index is -3.86. The summed E-state index contributed by atoms with van der Waals surface area (Å²) in [7, 11) is -2.19. The first-order valence-electron chi connectivity index (χ1n) is 8.52. The second kappa shape index (κ2) is 7.91. The third kappa shape index (κ3) is 4.62. The van der Waals surface area contributed by atoms with Gasteiger partial charge in [-0.05, 0) is 67.0 Å². The highest BCUT2D eigenvalue weighted by Gasteiger charge is 2.19. The number of carbonyl (C=O) groups excluding carboxylic acids is 1. The Morgan fingerprint density at radius 1 is 1.07 bits per heavy atom. The molecule has 0 aliphatic heterocycles. The first kappa shape index (κ1) is 20.9.